The highest BCUT2D eigenvalue weighted by molar-refractivity contribution is 4.91. The van der Waals surface area contributed by atoms with Crippen LogP contribution in [0.3, 0.4) is 0 Å². The molecule has 0 heterocycles. The van der Waals surface area contributed by atoms with Gasteiger partial charge in [0.1, 0.15) is 0 Å². The standard InChI is InChI=1S/C13H27N/c1-4-5-9-13(14-12(2)3)10-7-6-8-11-13/h12,14H,4-11H2,1-3H3. The molecule has 1 fully saturated rings. The van der Waals surface area contributed by atoms with Gasteiger partial charge >= 0.3 is 0 Å². The molecule has 0 radical (unpaired) electrons. The Balaban J connectivity index is 2.47. The van der Waals surface area contributed by atoms with Crippen LogP contribution in [0.25, 0.3) is 0 Å². The lowest BCUT2D eigenvalue weighted by molar-refractivity contribution is 0.196. The summed E-state index contributed by atoms with van der Waals surface area (Å²) in [5, 5.41) is 3.83. The zero-order valence-electron chi connectivity index (χ0n) is 10.2. The predicted octanol–water partition coefficient (Wildman–Crippen LogP) is 3.88. The molecule has 1 aliphatic rings. The Hall–Kier alpha value is -0.0400. The second-order valence-corrected chi connectivity index (χ2v) is 5.24. The number of unbranched alkanes of at least 4 members (excludes halogenated alkanes) is 1. The molecule has 0 saturated heterocycles. The SMILES string of the molecule is CCCCC1(NC(C)C)CCCCC1. The number of nitrogens with one attached hydrogen (secondary N) is 1. The molecular weight excluding hydrogens is 170 g/mol. The van der Waals surface area contributed by atoms with E-state index in [4.69, 9.17) is 0 Å². The maximum Gasteiger partial charge on any atom is 0.0183 e. The summed E-state index contributed by atoms with van der Waals surface area (Å²) in [7, 11) is 0. The van der Waals surface area contributed by atoms with Gasteiger partial charge in [0.25, 0.3) is 0 Å². The van der Waals surface area contributed by atoms with Gasteiger partial charge in [0.15, 0.2) is 0 Å². The van der Waals surface area contributed by atoms with Crippen molar-refractivity contribution >= 4 is 0 Å². The lowest BCUT2D eigenvalue weighted by atomic mass is 9.78. The highest BCUT2D eigenvalue weighted by Gasteiger charge is 2.31. The topological polar surface area (TPSA) is 12.0 Å². The van der Waals surface area contributed by atoms with E-state index in [9.17, 15) is 0 Å². The summed E-state index contributed by atoms with van der Waals surface area (Å²) in [5.74, 6) is 0. The third-order valence-electron chi connectivity index (χ3n) is 3.41. The maximum absolute atomic E-state index is 3.83. The Morgan fingerprint density at radius 3 is 2.29 bits per heavy atom. The predicted molar refractivity (Wildman–Crippen MR) is 63.6 cm³/mol. The zero-order valence-corrected chi connectivity index (χ0v) is 10.2. The fourth-order valence-electron chi connectivity index (χ4n) is 2.82. The summed E-state index contributed by atoms with van der Waals surface area (Å²) in [4.78, 5) is 0. The molecule has 0 spiro atoms. The van der Waals surface area contributed by atoms with Crippen molar-refractivity contribution in [2.45, 2.75) is 83.7 Å². The summed E-state index contributed by atoms with van der Waals surface area (Å²) in [5.41, 5.74) is 0.502. The molecule has 1 rings (SSSR count). The van der Waals surface area contributed by atoms with Gasteiger partial charge in [-0.3, -0.25) is 0 Å². The van der Waals surface area contributed by atoms with Crippen molar-refractivity contribution in [3.63, 3.8) is 0 Å². The Morgan fingerprint density at radius 1 is 1.14 bits per heavy atom. The van der Waals surface area contributed by atoms with Crippen LogP contribution >= 0.6 is 0 Å². The largest absolute Gasteiger partial charge is 0.309 e. The molecule has 0 aromatic carbocycles. The monoisotopic (exact) mass is 197 g/mol. The van der Waals surface area contributed by atoms with Crippen LogP contribution in [0, 0.1) is 0 Å². The summed E-state index contributed by atoms with van der Waals surface area (Å²) < 4.78 is 0. The quantitative estimate of drug-likeness (QED) is 0.705. The van der Waals surface area contributed by atoms with Crippen LogP contribution in [0.4, 0.5) is 0 Å². The molecule has 1 saturated carbocycles. The number of rotatable bonds is 5. The summed E-state index contributed by atoms with van der Waals surface area (Å²) in [6.45, 7) is 6.86. The number of hydrogen-bond donors (Lipinski definition) is 1. The third kappa shape index (κ3) is 3.61. The van der Waals surface area contributed by atoms with Gasteiger partial charge in [-0.25, -0.2) is 0 Å². The van der Waals surface area contributed by atoms with Crippen molar-refractivity contribution in [1.82, 2.24) is 5.32 Å². The van der Waals surface area contributed by atoms with Crippen LogP contribution in [0.1, 0.15) is 72.1 Å². The Labute approximate surface area is 89.7 Å². The summed E-state index contributed by atoms with van der Waals surface area (Å²) in [6, 6.07) is 0.643. The molecule has 0 amide bonds. The van der Waals surface area contributed by atoms with E-state index in [-0.39, 0.29) is 0 Å². The van der Waals surface area contributed by atoms with Crippen LogP contribution in [0.15, 0.2) is 0 Å². The molecule has 14 heavy (non-hydrogen) atoms. The van der Waals surface area contributed by atoms with Gasteiger partial charge in [0.2, 0.25) is 0 Å². The normalized spacial score (nSPS) is 21.4. The van der Waals surface area contributed by atoms with Crippen LogP contribution in [-0.2, 0) is 0 Å². The smallest absolute Gasteiger partial charge is 0.0183 e. The van der Waals surface area contributed by atoms with Crippen LogP contribution < -0.4 is 5.32 Å². The molecule has 1 N–H and O–H groups in total. The van der Waals surface area contributed by atoms with Crippen LogP contribution in [0.2, 0.25) is 0 Å². The first-order chi connectivity index (χ1) is 6.68. The fraction of sp³-hybridized carbons (Fsp3) is 1.00. The van der Waals surface area contributed by atoms with Crippen molar-refractivity contribution < 1.29 is 0 Å². The molecule has 0 aromatic heterocycles. The summed E-state index contributed by atoms with van der Waals surface area (Å²) in [6.07, 6.45) is 11.2. The van der Waals surface area contributed by atoms with E-state index in [0.717, 1.165) is 0 Å². The van der Waals surface area contributed by atoms with Gasteiger partial charge in [0.05, 0.1) is 0 Å². The average molecular weight is 197 g/mol. The van der Waals surface area contributed by atoms with Crippen molar-refractivity contribution in [3.8, 4) is 0 Å². The highest BCUT2D eigenvalue weighted by Crippen LogP contribution is 2.32. The van der Waals surface area contributed by atoms with Gasteiger partial charge in [-0.15, -0.1) is 0 Å². The van der Waals surface area contributed by atoms with Crippen molar-refractivity contribution in [2.75, 3.05) is 0 Å². The van der Waals surface area contributed by atoms with Crippen LogP contribution in [-0.4, -0.2) is 11.6 Å². The Kier molecular flexibility index (Phi) is 4.94. The van der Waals surface area contributed by atoms with Gasteiger partial charge in [-0.05, 0) is 19.3 Å². The van der Waals surface area contributed by atoms with Crippen molar-refractivity contribution in [3.05, 3.63) is 0 Å². The lowest BCUT2D eigenvalue weighted by Crippen LogP contribution is -2.49. The van der Waals surface area contributed by atoms with E-state index in [1.165, 1.54) is 51.4 Å². The molecule has 0 unspecified atom stereocenters. The van der Waals surface area contributed by atoms with E-state index < -0.39 is 0 Å². The van der Waals surface area contributed by atoms with Gasteiger partial charge < -0.3 is 5.32 Å². The highest BCUT2D eigenvalue weighted by atomic mass is 15.0. The molecular formula is C13H27N. The first-order valence-electron chi connectivity index (χ1n) is 6.46. The van der Waals surface area contributed by atoms with Gasteiger partial charge in [-0.1, -0.05) is 52.9 Å². The second-order valence-electron chi connectivity index (χ2n) is 5.24. The first-order valence-corrected chi connectivity index (χ1v) is 6.46. The summed E-state index contributed by atoms with van der Waals surface area (Å²) >= 11 is 0. The van der Waals surface area contributed by atoms with Crippen molar-refractivity contribution in [1.29, 1.82) is 0 Å². The first kappa shape index (κ1) is 12.0. The third-order valence-corrected chi connectivity index (χ3v) is 3.41. The van der Waals surface area contributed by atoms with E-state index in [2.05, 4.69) is 26.1 Å². The van der Waals surface area contributed by atoms with E-state index in [1.54, 1.807) is 0 Å². The molecule has 0 aliphatic heterocycles. The van der Waals surface area contributed by atoms with Gasteiger partial charge in [-0.2, -0.15) is 0 Å². The van der Waals surface area contributed by atoms with Crippen LogP contribution in [0.5, 0.6) is 0 Å². The average Bonchev–Trinajstić information content (AvgIpc) is 2.15. The molecule has 1 heteroatoms. The minimum atomic E-state index is 0.502. The maximum atomic E-state index is 3.83. The second kappa shape index (κ2) is 5.75. The minimum absolute atomic E-state index is 0.502. The molecule has 0 atom stereocenters. The van der Waals surface area contributed by atoms with E-state index in [1.807, 2.05) is 0 Å². The molecule has 84 valence electrons. The van der Waals surface area contributed by atoms with Crippen molar-refractivity contribution in [2.24, 2.45) is 0 Å². The van der Waals surface area contributed by atoms with Gasteiger partial charge in [0, 0.05) is 11.6 Å². The molecule has 0 bridgehead atoms. The zero-order chi connectivity index (χ0) is 10.4. The fourth-order valence-corrected chi connectivity index (χ4v) is 2.82. The Bertz CT molecular complexity index is 145. The van der Waals surface area contributed by atoms with E-state index >= 15 is 0 Å². The minimum Gasteiger partial charge on any atom is -0.309 e. The molecule has 1 nitrogen and oxygen atoms in total. The molecule has 1 aliphatic carbocycles. The number of hydrogen-bond acceptors (Lipinski definition) is 1. The Morgan fingerprint density at radius 2 is 1.79 bits per heavy atom. The van der Waals surface area contributed by atoms with E-state index in [0.29, 0.717) is 11.6 Å². The lowest BCUT2D eigenvalue weighted by Gasteiger charge is -2.40. The molecule has 0 aromatic rings.